The molecular formula is C5H5O5W-5. The molecule has 11 heavy (non-hydrogen) atoms. The van der Waals surface area contributed by atoms with Crippen LogP contribution in [0.3, 0.4) is 0 Å². The minimum absolute atomic E-state index is 0. The summed E-state index contributed by atoms with van der Waals surface area (Å²) in [6, 6.07) is 0. The normalized spacial score (nSPS) is 1.82. The molecule has 0 aliphatic rings. The van der Waals surface area contributed by atoms with Crippen molar-refractivity contribution in [3.8, 4) is 0 Å². The van der Waals surface area contributed by atoms with Crippen molar-refractivity contribution >= 4 is 33.9 Å². The van der Waals surface area contributed by atoms with E-state index in [1.165, 1.54) is 0 Å². The zero-order chi connectivity index (χ0) is 10.0. The molecule has 66 valence electrons. The molecule has 0 aliphatic carbocycles. The third-order valence-corrected chi connectivity index (χ3v) is 0. The fourth-order valence-corrected chi connectivity index (χ4v) is 0. The summed E-state index contributed by atoms with van der Waals surface area (Å²) in [5, 5.41) is 0. The first-order chi connectivity index (χ1) is 5.00. The van der Waals surface area contributed by atoms with E-state index in [2.05, 4.69) is 33.9 Å². The summed E-state index contributed by atoms with van der Waals surface area (Å²) >= 11 is 0. The molecule has 0 atom stereocenters. The quantitative estimate of drug-likeness (QED) is 0.404. The van der Waals surface area contributed by atoms with Gasteiger partial charge in [-0.3, -0.25) is 33.9 Å². The zero-order valence-electron chi connectivity index (χ0n) is 5.34. The minimum Gasteiger partial charge on any atom is -0.545 e. The predicted octanol–water partition coefficient (Wildman–Crippen LogP) is -1.37. The second-order valence-electron chi connectivity index (χ2n) is 0. The van der Waals surface area contributed by atoms with Gasteiger partial charge in [-0.05, 0) is 0 Å². The van der Waals surface area contributed by atoms with E-state index in [1.807, 2.05) is 0 Å². The molecule has 0 saturated heterocycles. The van der Waals surface area contributed by atoms with Crippen LogP contribution in [-0.2, 0) is 45.0 Å². The van der Waals surface area contributed by atoms with Crippen LogP contribution in [-0.4, -0.2) is 33.9 Å². The van der Waals surface area contributed by atoms with Crippen LogP contribution in [0.1, 0.15) is 0 Å². The van der Waals surface area contributed by atoms with Crippen LogP contribution in [0.2, 0.25) is 0 Å². The van der Waals surface area contributed by atoms with E-state index in [9.17, 15) is 0 Å². The molecular weight excluding hydrogens is 324 g/mol. The third-order valence-electron chi connectivity index (χ3n) is 0. The molecule has 0 N–H and O–H groups in total. The average Bonchev–Trinajstić information content (AvgIpc) is 2.20. The SMILES string of the molecule is [CH-]=O.[CH-]=O.[CH-]=O.[CH-]=O.[CH-]=O.[W]. The topological polar surface area (TPSA) is 85.3 Å². The standard InChI is InChI=1S/5CHO.W/c5*1-2;/h5*1H;/q5*-1;. The van der Waals surface area contributed by atoms with Crippen molar-refractivity contribution in [1.82, 2.24) is 0 Å². The number of carbonyl (C=O) groups excluding carboxylic acids is 5. The maximum Gasteiger partial charge on any atom is 0 e. The van der Waals surface area contributed by atoms with Crippen LogP contribution in [0.15, 0.2) is 0 Å². The Morgan fingerprint density at radius 3 is 0.364 bits per heavy atom. The van der Waals surface area contributed by atoms with Crippen LogP contribution >= 0.6 is 0 Å². The van der Waals surface area contributed by atoms with Gasteiger partial charge in [-0.1, -0.05) is 0 Å². The second-order valence-corrected chi connectivity index (χ2v) is 0. The molecule has 0 amide bonds. The van der Waals surface area contributed by atoms with E-state index in [4.69, 9.17) is 24.0 Å². The Morgan fingerprint density at radius 1 is 0.364 bits per heavy atom. The van der Waals surface area contributed by atoms with Crippen molar-refractivity contribution < 1.29 is 45.0 Å². The van der Waals surface area contributed by atoms with E-state index in [1.54, 1.807) is 0 Å². The van der Waals surface area contributed by atoms with Crippen LogP contribution in [0.25, 0.3) is 0 Å². The smallest absolute Gasteiger partial charge is 0 e. The molecule has 0 unspecified atom stereocenters. The average molecular weight is 329 g/mol. The summed E-state index contributed by atoms with van der Waals surface area (Å²) in [7, 11) is 0. The van der Waals surface area contributed by atoms with Gasteiger partial charge in [0.2, 0.25) is 0 Å². The molecule has 6 heteroatoms. The van der Waals surface area contributed by atoms with Crippen LogP contribution in [0.5, 0.6) is 0 Å². The second kappa shape index (κ2) is 631. The third kappa shape index (κ3) is 484. The van der Waals surface area contributed by atoms with E-state index in [0.29, 0.717) is 0 Å². The van der Waals surface area contributed by atoms with Crippen molar-refractivity contribution in [3.05, 3.63) is 0 Å². The zero-order valence-corrected chi connectivity index (χ0v) is 8.27. The van der Waals surface area contributed by atoms with Crippen LogP contribution < -0.4 is 0 Å². The molecule has 0 fully saturated rings. The Hall–Kier alpha value is -0.962. The van der Waals surface area contributed by atoms with E-state index >= 15 is 0 Å². The summed E-state index contributed by atoms with van der Waals surface area (Å²) in [6.07, 6.45) is 0. The van der Waals surface area contributed by atoms with Crippen LogP contribution in [0.4, 0.5) is 0 Å². The molecule has 0 aliphatic heterocycles. The first-order valence-electron chi connectivity index (χ1n) is 1.18. The summed E-state index contributed by atoms with van der Waals surface area (Å²) in [5.74, 6) is 0. The number of rotatable bonds is 0. The van der Waals surface area contributed by atoms with Gasteiger partial charge in [-0.15, -0.1) is 0 Å². The summed E-state index contributed by atoms with van der Waals surface area (Å²) in [4.78, 5) is 38.8. The molecule has 0 aromatic heterocycles. The van der Waals surface area contributed by atoms with Gasteiger partial charge in [-0.2, -0.15) is 0 Å². The Labute approximate surface area is 79.4 Å². The maximum absolute atomic E-state index is 7.75. The molecule has 5 nitrogen and oxygen atoms in total. The largest absolute Gasteiger partial charge is 0.545 e. The molecule has 0 aromatic rings. The van der Waals surface area contributed by atoms with Crippen molar-refractivity contribution in [1.29, 1.82) is 0 Å². The Balaban J connectivity index is -0.00000000694. The summed E-state index contributed by atoms with van der Waals surface area (Å²) in [6.45, 7) is 16.2. The van der Waals surface area contributed by atoms with Crippen molar-refractivity contribution in [2.45, 2.75) is 0 Å². The Morgan fingerprint density at radius 2 is 0.364 bits per heavy atom. The first-order valence-corrected chi connectivity index (χ1v) is 1.18. The van der Waals surface area contributed by atoms with Crippen LogP contribution in [0, 0.1) is 0 Å². The summed E-state index contributed by atoms with van der Waals surface area (Å²) < 4.78 is 0. The molecule has 0 bridgehead atoms. The summed E-state index contributed by atoms with van der Waals surface area (Å²) in [5.41, 5.74) is 0. The maximum atomic E-state index is 7.75. The van der Waals surface area contributed by atoms with Gasteiger partial charge in [0.15, 0.2) is 0 Å². The fraction of sp³-hybridized carbons (Fsp3) is 0. The fourth-order valence-electron chi connectivity index (χ4n) is 0. The molecule has 0 aromatic carbocycles. The predicted molar refractivity (Wildman–Crippen MR) is 33.8 cm³/mol. The van der Waals surface area contributed by atoms with Gasteiger partial charge in [0.05, 0.1) is 0 Å². The van der Waals surface area contributed by atoms with Gasteiger partial charge in [-0.25, -0.2) is 0 Å². The van der Waals surface area contributed by atoms with Gasteiger partial charge in [0.1, 0.15) is 0 Å². The molecule has 0 spiro atoms. The van der Waals surface area contributed by atoms with Crippen molar-refractivity contribution in [2.75, 3.05) is 0 Å². The van der Waals surface area contributed by atoms with Gasteiger partial charge in [0, 0.05) is 21.1 Å². The van der Waals surface area contributed by atoms with Crippen molar-refractivity contribution in [2.24, 2.45) is 0 Å². The first kappa shape index (κ1) is 50.3. The number of hydrogen-bond donors (Lipinski definition) is 0. The monoisotopic (exact) mass is 329 g/mol. The number of hydrogen-bond acceptors (Lipinski definition) is 5. The molecule has 0 saturated carbocycles. The minimum atomic E-state index is 0. The van der Waals surface area contributed by atoms with Crippen molar-refractivity contribution in [3.63, 3.8) is 0 Å². The molecule has 0 heterocycles. The molecule has 0 radical (unpaired) electrons. The Bertz CT molecular complexity index is 26.4. The van der Waals surface area contributed by atoms with E-state index < -0.39 is 0 Å². The van der Waals surface area contributed by atoms with E-state index in [-0.39, 0.29) is 21.1 Å². The van der Waals surface area contributed by atoms with E-state index in [0.717, 1.165) is 0 Å². The van der Waals surface area contributed by atoms with Gasteiger partial charge >= 0.3 is 0 Å². The van der Waals surface area contributed by atoms with Gasteiger partial charge < -0.3 is 24.0 Å². The molecule has 0 rings (SSSR count). The van der Waals surface area contributed by atoms with Gasteiger partial charge in [0.25, 0.3) is 0 Å². The Kier molecular flexibility index (Phi) is 2890.